The Bertz CT molecular complexity index is 386. The second kappa shape index (κ2) is 5.01. The van der Waals surface area contributed by atoms with Crippen LogP contribution in [0.1, 0.15) is 0 Å². The number of pyridine rings is 1. The molecule has 0 atom stereocenters. The second-order valence-electron chi connectivity index (χ2n) is 2.41. The first-order valence-electron chi connectivity index (χ1n) is 3.75. The number of hydrogen-bond acceptors (Lipinski definition) is 4. The van der Waals surface area contributed by atoms with Gasteiger partial charge in [0.1, 0.15) is 5.03 Å². The number of esters is 1. The lowest BCUT2D eigenvalue weighted by Gasteiger charge is -2.01. The Balaban J connectivity index is 2.77. The molecule has 0 saturated carbocycles. The number of aromatic nitrogens is 1. The van der Waals surface area contributed by atoms with Gasteiger partial charge in [-0.25, -0.2) is 13.8 Å². The van der Waals surface area contributed by atoms with Crippen LogP contribution in [0, 0.1) is 17.6 Å². The van der Waals surface area contributed by atoms with Crippen LogP contribution < -0.4 is 0 Å². The summed E-state index contributed by atoms with van der Waals surface area (Å²) in [4.78, 5) is 13.7. The zero-order valence-electron chi connectivity index (χ0n) is 7.59. The minimum atomic E-state index is -1.40. The Morgan fingerprint density at radius 2 is 2.13 bits per heavy atom. The second-order valence-corrected chi connectivity index (χ2v) is 3.38. The highest BCUT2D eigenvalue weighted by Crippen LogP contribution is 2.20. The molecule has 1 heterocycles. The van der Waals surface area contributed by atoms with E-state index in [4.69, 9.17) is 0 Å². The third-order valence-electron chi connectivity index (χ3n) is 1.41. The molecule has 0 bridgehead atoms. The highest BCUT2D eigenvalue weighted by Gasteiger charge is 2.13. The monoisotopic (exact) mass is 237 g/mol. The number of rotatable bonds is 3. The Kier molecular flexibility index (Phi) is 3.96. The minimum Gasteiger partial charge on any atom is -0.468 e. The molecular weight excluding hydrogens is 231 g/mol. The van der Waals surface area contributed by atoms with Gasteiger partial charge < -0.3 is 4.74 Å². The molecule has 0 amide bonds. The van der Waals surface area contributed by atoms with Crippen molar-refractivity contribution in [2.24, 2.45) is 0 Å². The quantitative estimate of drug-likeness (QED) is 0.456. The molecule has 0 saturated heterocycles. The van der Waals surface area contributed by atoms with E-state index in [0.717, 1.165) is 7.11 Å². The topological polar surface area (TPSA) is 39.2 Å². The molecule has 15 heavy (non-hydrogen) atoms. The Morgan fingerprint density at radius 1 is 1.47 bits per heavy atom. The molecule has 0 radical (unpaired) electrons. The van der Waals surface area contributed by atoms with Crippen LogP contribution in [0.15, 0.2) is 11.1 Å². The summed E-state index contributed by atoms with van der Waals surface area (Å²) in [6.45, 7) is 0. The predicted molar refractivity (Wildman–Crippen MR) is 46.9 cm³/mol. The lowest BCUT2D eigenvalue weighted by atomic mass is 10.4. The fourth-order valence-electron chi connectivity index (χ4n) is 0.716. The van der Waals surface area contributed by atoms with Gasteiger partial charge >= 0.3 is 5.97 Å². The van der Waals surface area contributed by atoms with E-state index >= 15 is 0 Å². The highest BCUT2D eigenvalue weighted by atomic mass is 32.2. The van der Waals surface area contributed by atoms with Crippen molar-refractivity contribution >= 4 is 17.7 Å². The number of carbonyl (C=O) groups excluding carboxylic acids is 1. The summed E-state index contributed by atoms with van der Waals surface area (Å²) in [6.07, 6.45) is 0. The zero-order valence-corrected chi connectivity index (χ0v) is 8.41. The van der Waals surface area contributed by atoms with Gasteiger partial charge in [-0.15, -0.1) is 0 Å². The van der Waals surface area contributed by atoms with Crippen LogP contribution >= 0.6 is 11.8 Å². The van der Waals surface area contributed by atoms with E-state index in [9.17, 15) is 18.0 Å². The van der Waals surface area contributed by atoms with Gasteiger partial charge in [-0.3, -0.25) is 4.79 Å². The number of carbonyl (C=O) groups is 1. The fourth-order valence-corrected chi connectivity index (χ4v) is 1.43. The molecule has 0 aliphatic carbocycles. The van der Waals surface area contributed by atoms with Gasteiger partial charge in [0.25, 0.3) is 0 Å². The largest absolute Gasteiger partial charge is 0.468 e. The van der Waals surface area contributed by atoms with E-state index in [1.165, 1.54) is 0 Å². The summed E-state index contributed by atoms with van der Waals surface area (Å²) in [5.74, 6) is -4.60. The van der Waals surface area contributed by atoms with Crippen LogP contribution in [0.4, 0.5) is 13.2 Å². The molecule has 0 unspecified atom stereocenters. The number of hydrogen-bond donors (Lipinski definition) is 0. The molecule has 1 aromatic heterocycles. The summed E-state index contributed by atoms with van der Waals surface area (Å²) >= 11 is 0.635. The van der Waals surface area contributed by atoms with E-state index < -0.39 is 23.6 Å². The molecule has 0 N–H and O–H groups in total. The molecule has 3 nitrogen and oxygen atoms in total. The lowest BCUT2D eigenvalue weighted by molar-refractivity contribution is -0.137. The average Bonchev–Trinajstić information content (AvgIpc) is 2.21. The fraction of sp³-hybridized carbons (Fsp3) is 0.250. The molecule has 0 fully saturated rings. The molecule has 0 aromatic carbocycles. The Morgan fingerprint density at radius 3 is 2.73 bits per heavy atom. The first-order valence-corrected chi connectivity index (χ1v) is 4.74. The number of thioether (sulfide) groups is 1. The summed E-state index contributed by atoms with van der Waals surface area (Å²) < 4.78 is 42.3. The standard InChI is InChI=1S/C8H6F3NO2S/c1-14-6(13)3-15-8-5(10)2-4(9)7(11)12-8/h2H,3H2,1H3. The number of nitrogens with zero attached hydrogens (tertiary/aromatic N) is 1. The maximum Gasteiger partial charge on any atom is 0.316 e. The van der Waals surface area contributed by atoms with Crippen LogP contribution in [-0.2, 0) is 9.53 Å². The van der Waals surface area contributed by atoms with E-state index in [2.05, 4.69) is 9.72 Å². The molecule has 82 valence electrons. The number of halogens is 3. The van der Waals surface area contributed by atoms with Gasteiger partial charge in [0.15, 0.2) is 11.6 Å². The van der Waals surface area contributed by atoms with Crippen molar-refractivity contribution in [3.8, 4) is 0 Å². The van der Waals surface area contributed by atoms with Crippen molar-refractivity contribution in [1.82, 2.24) is 4.98 Å². The van der Waals surface area contributed by atoms with Crippen LogP contribution in [0.2, 0.25) is 0 Å². The molecule has 1 rings (SSSR count). The van der Waals surface area contributed by atoms with Gasteiger partial charge in [-0.05, 0) is 0 Å². The van der Waals surface area contributed by atoms with Crippen molar-refractivity contribution in [3.05, 3.63) is 23.6 Å². The van der Waals surface area contributed by atoms with Gasteiger partial charge in [0.2, 0.25) is 5.95 Å². The first-order chi connectivity index (χ1) is 7.04. The summed E-state index contributed by atoms with van der Waals surface area (Å²) in [5.41, 5.74) is 0. The molecule has 0 aliphatic heterocycles. The van der Waals surface area contributed by atoms with Gasteiger partial charge in [-0.1, -0.05) is 11.8 Å². The zero-order chi connectivity index (χ0) is 11.4. The normalized spacial score (nSPS) is 10.1. The van der Waals surface area contributed by atoms with Crippen molar-refractivity contribution in [1.29, 1.82) is 0 Å². The average molecular weight is 237 g/mol. The molecular formula is C8H6F3NO2S. The van der Waals surface area contributed by atoms with Crippen molar-refractivity contribution in [2.45, 2.75) is 5.03 Å². The molecule has 7 heteroatoms. The van der Waals surface area contributed by atoms with E-state index in [1.54, 1.807) is 0 Å². The molecule has 0 aliphatic rings. The van der Waals surface area contributed by atoms with E-state index in [1.807, 2.05) is 0 Å². The van der Waals surface area contributed by atoms with Crippen molar-refractivity contribution in [3.63, 3.8) is 0 Å². The Labute approximate surface area is 87.6 Å². The van der Waals surface area contributed by atoms with Gasteiger partial charge in [0.05, 0.1) is 12.9 Å². The first kappa shape index (κ1) is 11.8. The molecule has 1 aromatic rings. The third-order valence-corrected chi connectivity index (χ3v) is 2.35. The SMILES string of the molecule is COC(=O)CSc1nc(F)c(F)cc1F. The van der Waals surface area contributed by atoms with Crippen LogP contribution in [0.25, 0.3) is 0 Å². The van der Waals surface area contributed by atoms with Crippen LogP contribution in [0.5, 0.6) is 0 Å². The number of methoxy groups -OCH3 is 1. The lowest BCUT2D eigenvalue weighted by Crippen LogP contribution is -2.04. The maximum absolute atomic E-state index is 12.9. The van der Waals surface area contributed by atoms with Crippen LogP contribution in [0.3, 0.4) is 0 Å². The summed E-state index contributed by atoms with van der Waals surface area (Å²) in [6, 6.07) is 0.377. The van der Waals surface area contributed by atoms with Crippen molar-refractivity contribution in [2.75, 3.05) is 12.9 Å². The van der Waals surface area contributed by atoms with Crippen molar-refractivity contribution < 1.29 is 22.7 Å². The molecule has 0 spiro atoms. The Hall–Kier alpha value is -1.24. The smallest absolute Gasteiger partial charge is 0.316 e. The van der Waals surface area contributed by atoms with E-state index in [-0.39, 0.29) is 10.8 Å². The predicted octanol–water partition coefficient (Wildman–Crippen LogP) is 1.76. The maximum atomic E-state index is 12.9. The van der Waals surface area contributed by atoms with E-state index in [0.29, 0.717) is 17.8 Å². The third kappa shape index (κ3) is 3.12. The number of ether oxygens (including phenoxy) is 1. The summed E-state index contributed by atoms with van der Waals surface area (Å²) in [5, 5.41) is -0.376. The van der Waals surface area contributed by atoms with Gasteiger partial charge in [-0.2, -0.15) is 4.39 Å². The van der Waals surface area contributed by atoms with Crippen LogP contribution in [-0.4, -0.2) is 23.8 Å². The van der Waals surface area contributed by atoms with Gasteiger partial charge in [0, 0.05) is 6.07 Å². The summed E-state index contributed by atoms with van der Waals surface area (Å²) in [7, 11) is 1.16. The minimum absolute atomic E-state index is 0.217. The highest BCUT2D eigenvalue weighted by molar-refractivity contribution is 7.99.